The van der Waals surface area contributed by atoms with Crippen molar-refractivity contribution in [2.24, 2.45) is 0 Å². The zero-order valence-corrected chi connectivity index (χ0v) is 15.7. The minimum absolute atomic E-state index is 0.0619. The van der Waals surface area contributed by atoms with Crippen LogP contribution in [0, 0.1) is 0 Å². The Balaban J connectivity index is 1.73. The predicted molar refractivity (Wildman–Crippen MR) is 106 cm³/mol. The Bertz CT molecular complexity index is 859. The van der Waals surface area contributed by atoms with Crippen LogP contribution >= 0.6 is 0 Å². The van der Waals surface area contributed by atoms with Gasteiger partial charge >= 0.3 is 0 Å². The van der Waals surface area contributed by atoms with Crippen molar-refractivity contribution >= 4 is 5.91 Å². The molecular weight excluding hydrogens is 338 g/mol. The second kappa shape index (κ2) is 9.09. The molecule has 0 bridgehead atoms. The summed E-state index contributed by atoms with van der Waals surface area (Å²) >= 11 is 0. The summed E-state index contributed by atoms with van der Waals surface area (Å²) < 4.78 is 1.89. The van der Waals surface area contributed by atoms with Gasteiger partial charge in [-0.3, -0.25) is 9.78 Å². The van der Waals surface area contributed by atoms with Crippen molar-refractivity contribution in [1.82, 2.24) is 25.4 Å². The molecule has 3 rings (SSSR count). The number of rotatable bonds is 8. The van der Waals surface area contributed by atoms with Crippen LogP contribution in [-0.4, -0.2) is 33.3 Å². The Morgan fingerprint density at radius 1 is 1.11 bits per heavy atom. The molecule has 0 atom stereocenters. The van der Waals surface area contributed by atoms with E-state index in [1.54, 1.807) is 12.4 Å². The Morgan fingerprint density at radius 3 is 2.56 bits per heavy atom. The molecule has 2 aromatic heterocycles. The molecule has 1 amide bonds. The van der Waals surface area contributed by atoms with Crippen LogP contribution in [0.25, 0.3) is 16.9 Å². The third kappa shape index (κ3) is 5.24. The van der Waals surface area contributed by atoms with Gasteiger partial charge in [-0.1, -0.05) is 18.2 Å². The van der Waals surface area contributed by atoms with E-state index in [9.17, 15) is 4.79 Å². The number of benzene rings is 1. The van der Waals surface area contributed by atoms with E-state index in [1.165, 1.54) is 0 Å². The summed E-state index contributed by atoms with van der Waals surface area (Å²) in [5.41, 5.74) is 4.03. The number of hydrogen-bond acceptors (Lipinski definition) is 4. The lowest BCUT2D eigenvalue weighted by molar-refractivity contribution is -0.121. The van der Waals surface area contributed by atoms with Gasteiger partial charge in [0.2, 0.25) is 5.91 Å². The fraction of sp³-hybridized carbons (Fsp3) is 0.286. The van der Waals surface area contributed by atoms with Gasteiger partial charge in [-0.05, 0) is 38.1 Å². The first kappa shape index (κ1) is 18.8. The van der Waals surface area contributed by atoms with E-state index in [1.807, 2.05) is 67.2 Å². The lowest BCUT2D eigenvalue weighted by atomic mass is 10.1. The minimum Gasteiger partial charge on any atom is -0.354 e. The van der Waals surface area contributed by atoms with E-state index in [-0.39, 0.29) is 11.9 Å². The smallest absolute Gasteiger partial charge is 0.221 e. The average Bonchev–Trinajstić information content (AvgIpc) is 3.10. The molecule has 0 unspecified atom stereocenters. The highest BCUT2D eigenvalue weighted by molar-refractivity contribution is 5.76. The number of para-hydroxylation sites is 1. The average molecular weight is 363 g/mol. The van der Waals surface area contributed by atoms with E-state index in [2.05, 4.69) is 15.6 Å². The van der Waals surface area contributed by atoms with Gasteiger partial charge < -0.3 is 10.6 Å². The number of aromatic nitrogens is 3. The van der Waals surface area contributed by atoms with Crippen LogP contribution in [0.5, 0.6) is 0 Å². The van der Waals surface area contributed by atoms with Crippen LogP contribution in [0.3, 0.4) is 0 Å². The van der Waals surface area contributed by atoms with Gasteiger partial charge in [-0.2, -0.15) is 5.10 Å². The van der Waals surface area contributed by atoms with Crippen molar-refractivity contribution < 1.29 is 4.79 Å². The molecule has 0 saturated carbocycles. The normalized spacial score (nSPS) is 10.9. The van der Waals surface area contributed by atoms with Crippen molar-refractivity contribution in [3.05, 3.63) is 66.6 Å². The van der Waals surface area contributed by atoms with Crippen molar-refractivity contribution in [2.75, 3.05) is 6.54 Å². The number of amides is 1. The molecule has 6 heteroatoms. The lowest BCUT2D eigenvalue weighted by Crippen LogP contribution is -2.32. The SMILES string of the molecule is CC(C)NC(=O)CCNCc1cn(-c2ccccc2)nc1-c1ccncc1. The number of pyridine rings is 1. The quantitative estimate of drug-likeness (QED) is 0.604. The molecule has 0 fully saturated rings. The third-order valence-electron chi connectivity index (χ3n) is 4.06. The fourth-order valence-corrected chi connectivity index (χ4v) is 2.82. The molecule has 0 aliphatic heterocycles. The van der Waals surface area contributed by atoms with Crippen LogP contribution < -0.4 is 10.6 Å². The maximum atomic E-state index is 11.8. The maximum Gasteiger partial charge on any atom is 0.221 e. The molecular formula is C21H25N5O. The van der Waals surface area contributed by atoms with E-state index in [0.717, 1.165) is 22.5 Å². The second-order valence-corrected chi connectivity index (χ2v) is 6.67. The topological polar surface area (TPSA) is 71.8 Å². The third-order valence-corrected chi connectivity index (χ3v) is 4.06. The standard InChI is InChI=1S/C21H25N5O/c1-16(2)24-20(27)10-13-23-14-18-15-26(19-6-4-3-5-7-19)25-21(18)17-8-11-22-12-9-17/h3-9,11-12,15-16,23H,10,13-14H2,1-2H3,(H,24,27). The maximum absolute atomic E-state index is 11.8. The summed E-state index contributed by atoms with van der Waals surface area (Å²) in [6.07, 6.45) is 6.02. The fourth-order valence-electron chi connectivity index (χ4n) is 2.82. The highest BCUT2D eigenvalue weighted by Gasteiger charge is 2.12. The Morgan fingerprint density at radius 2 is 1.85 bits per heavy atom. The molecule has 2 N–H and O–H groups in total. The summed E-state index contributed by atoms with van der Waals surface area (Å²) in [7, 11) is 0. The summed E-state index contributed by atoms with van der Waals surface area (Å²) in [6, 6.07) is 14.1. The summed E-state index contributed by atoms with van der Waals surface area (Å²) in [6.45, 7) is 5.18. The molecule has 140 valence electrons. The van der Waals surface area contributed by atoms with Gasteiger partial charge in [-0.15, -0.1) is 0 Å². The highest BCUT2D eigenvalue weighted by Crippen LogP contribution is 2.23. The molecule has 27 heavy (non-hydrogen) atoms. The minimum atomic E-state index is 0.0619. The Hall–Kier alpha value is -2.99. The molecule has 0 aliphatic rings. The first-order valence-electron chi connectivity index (χ1n) is 9.18. The monoisotopic (exact) mass is 363 g/mol. The second-order valence-electron chi connectivity index (χ2n) is 6.67. The van der Waals surface area contributed by atoms with Crippen LogP contribution in [0.4, 0.5) is 0 Å². The van der Waals surface area contributed by atoms with Gasteiger partial charge in [0.25, 0.3) is 0 Å². The van der Waals surface area contributed by atoms with Gasteiger partial charge in [-0.25, -0.2) is 4.68 Å². The summed E-state index contributed by atoms with van der Waals surface area (Å²) in [4.78, 5) is 15.9. The molecule has 1 aromatic carbocycles. The van der Waals surface area contributed by atoms with Gasteiger partial charge in [0.1, 0.15) is 0 Å². The summed E-state index contributed by atoms with van der Waals surface area (Å²) in [5, 5.41) is 11.0. The number of hydrogen-bond donors (Lipinski definition) is 2. The predicted octanol–water partition coefficient (Wildman–Crippen LogP) is 2.94. The van der Waals surface area contributed by atoms with Gasteiger partial charge in [0, 0.05) is 55.3 Å². The van der Waals surface area contributed by atoms with E-state index >= 15 is 0 Å². The number of carbonyl (C=O) groups is 1. The zero-order chi connectivity index (χ0) is 19.1. The van der Waals surface area contributed by atoms with Gasteiger partial charge in [0.05, 0.1) is 11.4 Å². The van der Waals surface area contributed by atoms with Crippen molar-refractivity contribution in [3.63, 3.8) is 0 Å². The summed E-state index contributed by atoms with van der Waals surface area (Å²) in [5.74, 6) is 0.0619. The van der Waals surface area contributed by atoms with Crippen molar-refractivity contribution in [1.29, 1.82) is 0 Å². The van der Waals surface area contributed by atoms with Crippen molar-refractivity contribution in [3.8, 4) is 16.9 Å². The van der Waals surface area contributed by atoms with E-state index < -0.39 is 0 Å². The first-order valence-corrected chi connectivity index (χ1v) is 9.18. The Kier molecular flexibility index (Phi) is 6.33. The van der Waals surface area contributed by atoms with Gasteiger partial charge in [0.15, 0.2) is 0 Å². The molecule has 0 spiro atoms. The molecule has 3 aromatic rings. The highest BCUT2D eigenvalue weighted by atomic mass is 16.1. The number of carbonyl (C=O) groups excluding carboxylic acids is 1. The molecule has 6 nitrogen and oxygen atoms in total. The number of nitrogens with one attached hydrogen (secondary N) is 2. The van der Waals surface area contributed by atoms with Crippen molar-refractivity contribution in [2.45, 2.75) is 32.9 Å². The Labute approximate surface area is 159 Å². The zero-order valence-electron chi connectivity index (χ0n) is 15.7. The molecule has 2 heterocycles. The first-order chi connectivity index (χ1) is 13.1. The lowest BCUT2D eigenvalue weighted by Gasteiger charge is -2.09. The molecule has 0 radical (unpaired) electrons. The van der Waals surface area contributed by atoms with Crippen LogP contribution in [0.15, 0.2) is 61.1 Å². The largest absolute Gasteiger partial charge is 0.354 e. The number of nitrogens with zero attached hydrogens (tertiary/aromatic N) is 3. The van der Waals surface area contributed by atoms with Crippen LogP contribution in [0.1, 0.15) is 25.8 Å². The molecule has 0 saturated heterocycles. The van der Waals surface area contributed by atoms with Crippen LogP contribution in [0.2, 0.25) is 0 Å². The van der Waals surface area contributed by atoms with E-state index in [4.69, 9.17) is 5.10 Å². The van der Waals surface area contributed by atoms with E-state index in [0.29, 0.717) is 19.5 Å². The molecule has 0 aliphatic carbocycles. The van der Waals surface area contributed by atoms with Crippen LogP contribution in [-0.2, 0) is 11.3 Å².